The van der Waals surface area contributed by atoms with Gasteiger partial charge in [0.25, 0.3) is 0 Å². The van der Waals surface area contributed by atoms with E-state index >= 15 is 0 Å². The van der Waals surface area contributed by atoms with Crippen LogP contribution in [0, 0.1) is 13.8 Å². The van der Waals surface area contributed by atoms with Gasteiger partial charge in [-0.3, -0.25) is 4.84 Å². The first-order valence-electron chi connectivity index (χ1n) is 5.56. The van der Waals surface area contributed by atoms with E-state index < -0.39 is 5.60 Å². The predicted molar refractivity (Wildman–Crippen MR) is 63.8 cm³/mol. The summed E-state index contributed by atoms with van der Waals surface area (Å²) >= 11 is 0. The number of pyridine rings is 1. The van der Waals surface area contributed by atoms with Crippen molar-refractivity contribution in [1.29, 1.82) is 0 Å². The van der Waals surface area contributed by atoms with E-state index in [9.17, 15) is 4.79 Å². The lowest BCUT2D eigenvalue weighted by Crippen LogP contribution is -2.45. The van der Waals surface area contributed by atoms with Crippen LogP contribution in [0.5, 0.6) is 0 Å². The number of aromatic nitrogens is 1. The lowest BCUT2D eigenvalue weighted by molar-refractivity contribution is -0.889. The first-order chi connectivity index (χ1) is 7.76. The van der Waals surface area contributed by atoms with E-state index in [0.717, 1.165) is 11.3 Å². The number of aryl methyl sites for hydroxylation is 1. The van der Waals surface area contributed by atoms with Crippen molar-refractivity contribution >= 4 is 5.97 Å². The third kappa shape index (κ3) is 3.19. The number of ether oxygens (including phenoxy) is 1. The van der Waals surface area contributed by atoms with Crippen LogP contribution >= 0.6 is 0 Å². The fraction of sp³-hybridized carbons (Fsp3) is 0.538. The zero-order valence-corrected chi connectivity index (χ0v) is 11.3. The van der Waals surface area contributed by atoms with Gasteiger partial charge in [0.2, 0.25) is 11.9 Å². The molecule has 0 amide bonds. The Morgan fingerprint density at radius 3 is 2.35 bits per heavy atom. The molecule has 0 unspecified atom stereocenters. The molecule has 1 aromatic rings. The molecule has 0 saturated heterocycles. The summed E-state index contributed by atoms with van der Waals surface area (Å²) in [6.45, 7) is 9.26. The molecule has 0 aromatic carbocycles. The topological polar surface area (TPSA) is 39.4 Å². The Morgan fingerprint density at radius 1 is 1.29 bits per heavy atom. The number of hydrogen-bond donors (Lipinski definition) is 0. The molecular weight excluding hydrogens is 218 g/mol. The highest BCUT2D eigenvalue weighted by Crippen LogP contribution is 2.16. The molecule has 0 aliphatic rings. The third-order valence-corrected chi connectivity index (χ3v) is 2.35. The van der Waals surface area contributed by atoms with Crippen molar-refractivity contribution in [3.8, 4) is 0 Å². The van der Waals surface area contributed by atoms with Gasteiger partial charge in [0.15, 0.2) is 0 Å². The molecule has 1 rings (SSSR count). The van der Waals surface area contributed by atoms with Gasteiger partial charge >= 0.3 is 5.97 Å². The summed E-state index contributed by atoms with van der Waals surface area (Å²) in [5, 5.41) is 0. The molecule has 0 spiro atoms. The maximum absolute atomic E-state index is 12.1. The van der Waals surface area contributed by atoms with E-state index in [4.69, 9.17) is 9.57 Å². The molecule has 0 saturated carbocycles. The molecule has 0 aliphatic carbocycles. The van der Waals surface area contributed by atoms with Gasteiger partial charge in [-0.1, -0.05) is 0 Å². The molecule has 0 atom stereocenters. The summed E-state index contributed by atoms with van der Waals surface area (Å²) < 4.78 is 6.92. The Kier molecular flexibility index (Phi) is 3.76. The summed E-state index contributed by atoms with van der Waals surface area (Å²) in [7, 11) is 1.56. The minimum Gasteiger partial charge on any atom is -0.456 e. The second kappa shape index (κ2) is 4.73. The summed E-state index contributed by atoms with van der Waals surface area (Å²) in [6, 6.07) is 1.83. The standard InChI is InChI=1S/C13H20NO3/c1-9-7-8-14(16-6)10(2)11(9)12(15)17-13(3,4)5/h7-8H,1-6H3/q+1. The Labute approximate surface area is 102 Å². The quantitative estimate of drug-likeness (QED) is 0.580. The number of nitrogens with zero attached hydrogens (tertiary/aromatic N) is 1. The summed E-state index contributed by atoms with van der Waals surface area (Å²) in [5.41, 5.74) is 1.68. The number of carbonyl (C=O) groups is 1. The largest absolute Gasteiger partial charge is 0.456 e. The van der Waals surface area contributed by atoms with Crippen LogP contribution in [0.15, 0.2) is 12.3 Å². The van der Waals surface area contributed by atoms with Crippen molar-refractivity contribution in [2.75, 3.05) is 7.11 Å². The van der Waals surface area contributed by atoms with Crippen LogP contribution in [0.4, 0.5) is 0 Å². The van der Waals surface area contributed by atoms with E-state index in [2.05, 4.69) is 0 Å². The molecule has 94 valence electrons. The van der Waals surface area contributed by atoms with E-state index in [0.29, 0.717) is 5.56 Å². The highest BCUT2D eigenvalue weighted by Gasteiger charge is 2.26. The van der Waals surface area contributed by atoms with Crippen molar-refractivity contribution in [3.63, 3.8) is 0 Å². The van der Waals surface area contributed by atoms with Gasteiger partial charge in [0.1, 0.15) is 18.3 Å². The molecule has 0 radical (unpaired) electrons. The van der Waals surface area contributed by atoms with Gasteiger partial charge in [0.05, 0.1) is 0 Å². The minimum atomic E-state index is -0.496. The number of rotatable bonds is 2. The van der Waals surface area contributed by atoms with E-state index in [-0.39, 0.29) is 5.97 Å². The molecule has 1 aromatic heterocycles. The van der Waals surface area contributed by atoms with Crippen LogP contribution in [0.1, 0.15) is 42.4 Å². The van der Waals surface area contributed by atoms with Crippen molar-refractivity contribution in [1.82, 2.24) is 0 Å². The Bertz CT molecular complexity index is 433. The smallest absolute Gasteiger partial charge is 0.345 e. The molecule has 0 fully saturated rings. The Balaban J connectivity index is 3.17. The van der Waals surface area contributed by atoms with Crippen LogP contribution in [-0.4, -0.2) is 18.7 Å². The Morgan fingerprint density at radius 2 is 1.88 bits per heavy atom. The summed E-state index contributed by atoms with van der Waals surface area (Å²) in [5.74, 6) is -0.320. The normalized spacial score (nSPS) is 11.2. The number of hydrogen-bond acceptors (Lipinski definition) is 3. The van der Waals surface area contributed by atoms with Gasteiger partial charge in [-0.25, -0.2) is 4.79 Å². The fourth-order valence-corrected chi connectivity index (χ4v) is 1.61. The maximum Gasteiger partial charge on any atom is 0.345 e. The molecular formula is C13H20NO3+. The fourth-order valence-electron chi connectivity index (χ4n) is 1.61. The molecule has 4 heteroatoms. The molecule has 4 nitrogen and oxygen atoms in total. The Hall–Kier alpha value is -1.58. The monoisotopic (exact) mass is 238 g/mol. The van der Waals surface area contributed by atoms with Gasteiger partial charge in [-0.05, 0) is 33.3 Å². The molecule has 17 heavy (non-hydrogen) atoms. The SMILES string of the molecule is CO[n+]1ccc(C)c(C(=O)OC(C)(C)C)c1C. The average Bonchev–Trinajstić information content (AvgIpc) is 2.15. The van der Waals surface area contributed by atoms with Crippen molar-refractivity contribution in [2.45, 2.75) is 40.2 Å². The highest BCUT2D eigenvalue weighted by atomic mass is 16.6. The lowest BCUT2D eigenvalue weighted by atomic mass is 10.1. The second-order valence-electron chi connectivity index (χ2n) is 4.97. The predicted octanol–water partition coefficient (Wildman–Crippen LogP) is 1.60. The van der Waals surface area contributed by atoms with E-state index in [1.807, 2.05) is 40.7 Å². The van der Waals surface area contributed by atoms with Gasteiger partial charge in [-0.15, -0.1) is 0 Å². The van der Waals surface area contributed by atoms with Gasteiger partial charge < -0.3 is 4.74 Å². The first-order valence-corrected chi connectivity index (χ1v) is 5.56. The van der Waals surface area contributed by atoms with Crippen LogP contribution in [0.3, 0.4) is 0 Å². The van der Waals surface area contributed by atoms with Crippen LogP contribution in [0.25, 0.3) is 0 Å². The molecule has 0 bridgehead atoms. The number of esters is 1. The molecule has 1 heterocycles. The lowest BCUT2D eigenvalue weighted by Gasteiger charge is -2.20. The third-order valence-electron chi connectivity index (χ3n) is 2.35. The maximum atomic E-state index is 12.1. The number of carbonyl (C=O) groups excluding carboxylic acids is 1. The van der Waals surface area contributed by atoms with Crippen LogP contribution < -0.4 is 9.57 Å². The molecule has 0 aliphatic heterocycles. The second-order valence-corrected chi connectivity index (χ2v) is 4.97. The highest BCUT2D eigenvalue weighted by molar-refractivity contribution is 5.91. The minimum absolute atomic E-state index is 0.320. The van der Waals surface area contributed by atoms with Crippen LogP contribution in [0.2, 0.25) is 0 Å². The van der Waals surface area contributed by atoms with Crippen molar-refractivity contribution < 1.29 is 19.1 Å². The van der Waals surface area contributed by atoms with E-state index in [1.54, 1.807) is 18.0 Å². The van der Waals surface area contributed by atoms with Gasteiger partial charge in [0, 0.05) is 17.7 Å². The summed E-state index contributed by atoms with van der Waals surface area (Å²) in [6.07, 6.45) is 1.78. The molecule has 0 N–H and O–H groups in total. The van der Waals surface area contributed by atoms with Crippen molar-refractivity contribution in [3.05, 3.63) is 29.1 Å². The van der Waals surface area contributed by atoms with E-state index in [1.165, 1.54) is 0 Å². The zero-order valence-electron chi connectivity index (χ0n) is 11.3. The zero-order chi connectivity index (χ0) is 13.2. The van der Waals surface area contributed by atoms with Crippen LogP contribution in [-0.2, 0) is 4.74 Å². The summed E-state index contributed by atoms with van der Waals surface area (Å²) in [4.78, 5) is 17.2. The first kappa shape index (κ1) is 13.5. The average molecular weight is 238 g/mol. The van der Waals surface area contributed by atoms with Crippen molar-refractivity contribution in [2.24, 2.45) is 0 Å². The van der Waals surface area contributed by atoms with Gasteiger partial charge in [-0.2, -0.15) is 0 Å².